The van der Waals surface area contributed by atoms with Crippen LogP contribution in [0.3, 0.4) is 0 Å². The van der Waals surface area contributed by atoms with Crippen molar-refractivity contribution in [2.45, 2.75) is 18.4 Å². The number of nitrogens with zero attached hydrogens (tertiary/aromatic N) is 4. The minimum Gasteiger partial charge on any atom is -0.368 e. The molecule has 0 saturated carbocycles. The average molecular weight is 438 g/mol. The van der Waals surface area contributed by atoms with E-state index in [1.54, 1.807) is 24.2 Å². The molecule has 31 heavy (non-hydrogen) atoms. The highest BCUT2D eigenvalue weighted by atomic mass is 32.2. The number of H-pyrrole nitrogens is 1. The molecular formula is C21H23N7O2S. The first-order valence-electron chi connectivity index (χ1n) is 9.67. The Bertz CT molecular complexity index is 1090. The zero-order chi connectivity index (χ0) is 21.6. The predicted molar refractivity (Wildman–Crippen MR) is 121 cm³/mol. The topological polar surface area (TPSA) is 100 Å². The number of imidazole rings is 1. The summed E-state index contributed by atoms with van der Waals surface area (Å²) >= 11 is 1.58. The maximum Gasteiger partial charge on any atom is 0.250 e. The number of amides is 1. The first-order valence-corrected chi connectivity index (χ1v) is 10.4. The molecule has 0 unspecified atom stereocenters. The number of hydrogen-bond acceptors (Lipinski definition) is 7. The van der Waals surface area contributed by atoms with Gasteiger partial charge in [-0.1, -0.05) is 6.08 Å². The molecule has 0 aliphatic carbocycles. The summed E-state index contributed by atoms with van der Waals surface area (Å²) in [5, 5.41) is 13.3. The summed E-state index contributed by atoms with van der Waals surface area (Å²) in [5.41, 5.74) is 1.70. The van der Waals surface area contributed by atoms with Gasteiger partial charge in [0.1, 0.15) is 18.3 Å². The number of nitrogens with one attached hydrogen (secondary N) is 3. The van der Waals surface area contributed by atoms with E-state index in [2.05, 4.69) is 36.7 Å². The number of benzene rings is 1. The van der Waals surface area contributed by atoms with Crippen LogP contribution < -0.4 is 10.6 Å². The Morgan fingerprint density at radius 3 is 2.97 bits per heavy atom. The molecule has 0 saturated heterocycles. The first kappa shape index (κ1) is 20.8. The molecule has 10 heteroatoms. The zero-order valence-electron chi connectivity index (χ0n) is 17.0. The number of fused-ring (bicyclic) bond motifs is 1. The molecule has 3 N–H and O–H groups in total. The Hall–Kier alpha value is -3.50. The van der Waals surface area contributed by atoms with E-state index in [-0.39, 0.29) is 12.5 Å². The first-order chi connectivity index (χ1) is 15.1. The van der Waals surface area contributed by atoms with Gasteiger partial charge in [-0.15, -0.1) is 6.58 Å². The quantitative estimate of drug-likeness (QED) is 0.268. The maximum atomic E-state index is 11.9. The molecule has 3 heterocycles. The van der Waals surface area contributed by atoms with E-state index in [4.69, 9.17) is 4.74 Å². The summed E-state index contributed by atoms with van der Waals surface area (Å²) in [6.07, 6.45) is 7.34. The van der Waals surface area contributed by atoms with Crippen molar-refractivity contribution in [3.8, 4) is 0 Å². The molecule has 1 amide bonds. The van der Waals surface area contributed by atoms with Crippen LogP contribution in [0.15, 0.2) is 66.5 Å². The summed E-state index contributed by atoms with van der Waals surface area (Å²) in [4.78, 5) is 17.3. The van der Waals surface area contributed by atoms with Crippen molar-refractivity contribution in [2.24, 2.45) is 0 Å². The highest BCUT2D eigenvalue weighted by molar-refractivity contribution is 7.97. The third-order valence-electron chi connectivity index (χ3n) is 4.33. The summed E-state index contributed by atoms with van der Waals surface area (Å²) in [6, 6.07) is 9.61. The van der Waals surface area contributed by atoms with Crippen LogP contribution in [0.1, 0.15) is 11.5 Å². The van der Waals surface area contributed by atoms with Gasteiger partial charge < -0.3 is 19.7 Å². The molecule has 0 atom stereocenters. The van der Waals surface area contributed by atoms with E-state index >= 15 is 0 Å². The second-order valence-corrected chi connectivity index (χ2v) is 7.95. The van der Waals surface area contributed by atoms with Gasteiger partial charge in [-0.25, -0.2) is 4.98 Å². The molecule has 2 aromatic heterocycles. The van der Waals surface area contributed by atoms with Crippen molar-refractivity contribution < 1.29 is 9.53 Å². The summed E-state index contributed by atoms with van der Waals surface area (Å²) in [5.74, 6) is 2.33. The SMILES string of the molecule is C=CCOCC(=O)Nc1ccc(SN2C=C(Nc3cc(C)[nH]n3)n3ccnc3C2)cc1. The second-order valence-electron chi connectivity index (χ2n) is 6.83. The Kier molecular flexibility index (Phi) is 6.39. The number of aryl methyl sites for hydroxylation is 1. The summed E-state index contributed by atoms with van der Waals surface area (Å²) in [7, 11) is 0. The predicted octanol–water partition coefficient (Wildman–Crippen LogP) is 3.45. The summed E-state index contributed by atoms with van der Waals surface area (Å²) < 4.78 is 9.26. The number of anilines is 2. The third-order valence-corrected chi connectivity index (χ3v) is 5.28. The lowest BCUT2D eigenvalue weighted by molar-refractivity contribution is -0.120. The van der Waals surface area contributed by atoms with Gasteiger partial charge in [0, 0.05) is 34.7 Å². The number of aromatic nitrogens is 4. The van der Waals surface area contributed by atoms with Crippen molar-refractivity contribution in [2.75, 3.05) is 23.8 Å². The standard InChI is InChI=1S/C21H23N7O2S/c1-3-10-30-14-21(29)23-16-4-6-17(7-5-16)31-27-12-19-22-8-9-28(19)20(13-27)24-18-11-15(2)25-26-18/h3-9,11,13H,1,10,12,14H2,2H3,(H,23,29)(H2,24,25,26). The van der Waals surface area contributed by atoms with E-state index in [0.717, 1.165) is 33.7 Å². The normalized spacial score (nSPS) is 12.8. The van der Waals surface area contributed by atoms with Gasteiger partial charge in [-0.05, 0) is 43.1 Å². The third kappa shape index (κ3) is 5.36. The lowest BCUT2D eigenvalue weighted by atomic mass is 10.3. The van der Waals surface area contributed by atoms with Crippen molar-refractivity contribution in [1.82, 2.24) is 24.1 Å². The number of aromatic amines is 1. The Balaban J connectivity index is 1.41. The number of ether oxygens (including phenoxy) is 1. The fourth-order valence-corrected chi connectivity index (χ4v) is 3.85. The van der Waals surface area contributed by atoms with Gasteiger partial charge >= 0.3 is 0 Å². The van der Waals surface area contributed by atoms with E-state index in [1.807, 2.05) is 54.2 Å². The summed E-state index contributed by atoms with van der Waals surface area (Å²) in [6.45, 7) is 6.51. The highest BCUT2D eigenvalue weighted by Gasteiger charge is 2.19. The van der Waals surface area contributed by atoms with Crippen molar-refractivity contribution in [3.63, 3.8) is 0 Å². The number of rotatable bonds is 9. The monoisotopic (exact) mass is 437 g/mol. The molecule has 4 rings (SSSR count). The van der Waals surface area contributed by atoms with Crippen LogP contribution in [0.25, 0.3) is 5.82 Å². The molecule has 0 bridgehead atoms. The average Bonchev–Trinajstić information content (AvgIpc) is 3.38. The fourth-order valence-electron chi connectivity index (χ4n) is 2.99. The van der Waals surface area contributed by atoms with Gasteiger partial charge in [0.15, 0.2) is 5.82 Å². The highest BCUT2D eigenvalue weighted by Crippen LogP contribution is 2.30. The van der Waals surface area contributed by atoms with E-state index in [9.17, 15) is 4.79 Å². The van der Waals surface area contributed by atoms with Crippen molar-refractivity contribution in [1.29, 1.82) is 0 Å². The molecule has 1 aliphatic heterocycles. The fraction of sp³-hybridized carbons (Fsp3) is 0.190. The molecule has 1 aliphatic rings. The smallest absolute Gasteiger partial charge is 0.250 e. The Morgan fingerprint density at radius 2 is 2.23 bits per heavy atom. The van der Waals surface area contributed by atoms with Gasteiger partial charge in [-0.2, -0.15) is 5.10 Å². The Morgan fingerprint density at radius 1 is 1.39 bits per heavy atom. The molecular weight excluding hydrogens is 414 g/mol. The van der Waals surface area contributed by atoms with E-state index in [0.29, 0.717) is 13.2 Å². The largest absolute Gasteiger partial charge is 0.368 e. The molecule has 0 fully saturated rings. The molecule has 3 aromatic rings. The van der Waals surface area contributed by atoms with Gasteiger partial charge in [0.05, 0.1) is 19.4 Å². The maximum absolute atomic E-state index is 11.9. The molecule has 160 valence electrons. The minimum absolute atomic E-state index is 0.000950. The van der Waals surface area contributed by atoms with E-state index < -0.39 is 0 Å². The lowest BCUT2D eigenvalue weighted by Crippen LogP contribution is -2.23. The number of hydrogen-bond donors (Lipinski definition) is 3. The second kappa shape index (κ2) is 9.54. The van der Waals surface area contributed by atoms with Gasteiger partial charge in [-0.3, -0.25) is 14.5 Å². The van der Waals surface area contributed by atoms with Crippen LogP contribution >= 0.6 is 11.9 Å². The van der Waals surface area contributed by atoms with Gasteiger partial charge in [0.25, 0.3) is 0 Å². The van der Waals surface area contributed by atoms with Crippen LogP contribution in [-0.2, 0) is 16.1 Å². The van der Waals surface area contributed by atoms with Crippen molar-refractivity contribution in [3.05, 3.63) is 73.1 Å². The lowest BCUT2D eigenvalue weighted by Gasteiger charge is -2.26. The van der Waals surface area contributed by atoms with Crippen LogP contribution in [0.2, 0.25) is 0 Å². The number of carbonyl (C=O) groups excluding carboxylic acids is 1. The zero-order valence-corrected chi connectivity index (χ0v) is 17.9. The molecule has 1 aromatic carbocycles. The Labute approximate surface area is 184 Å². The van der Waals surface area contributed by atoms with E-state index in [1.165, 1.54) is 0 Å². The van der Waals surface area contributed by atoms with Crippen LogP contribution in [-0.4, -0.2) is 43.2 Å². The molecule has 9 nitrogen and oxygen atoms in total. The minimum atomic E-state index is -0.197. The molecule has 0 spiro atoms. The van der Waals surface area contributed by atoms with Crippen LogP contribution in [0, 0.1) is 6.92 Å². The number of carbonyl (C=O) groups is 1. The van der Waals surface area contributed by atoms with Crippen molar-refractivity contribution >= 4 is 35.2 Å². The van der Waals surface area contributed by atoms with Crippen LogP contribution in [0.4, 0.5) is 11.5 Å². The molecule has 0 radical (unpaired) electrons. The van der Waals surface area contributed by atoms with Gasteiger partial charge in [0.2, 0.25) is 5.91 Å². The van der Waals surface area contributed by atoms with Crippen LogP contribution in [0.5, 0.6) is 0 Å².